The fraction of sp³-hybridized carbons (Fsp3) is 0.286. The molecule has 0 aliphatic heterocycles. The average molecular weight is 228 g/mol. The van der Waals surface area contributed by atoms with E-state index < -0.39 is 0 Å². The Kier molecular flexibility index (Phi) is 2.84. The van der Waals surface area contributed by atoms with Crippen LogP contribution in [0.2, 0.25) is 0 Å². The minimum atomic E-state index is -0.242. The van der Waals surface area contributed by atoms with Crippen LogP contribution in [0.15, 0.2) is 36.5 Å². The standard InChI is InChI=1S/C14H16N2O/c1-14(2,3)16-13(17)11-8-4-6-10-7-5-9-15-12(10)11/h4-9H,1-3H3,(H,16,17). The lowest BCUT2D eigenvalue weighted by Crippen LogP contribution is -2.40. The van der Waals surface area contributed by atoms with Gasteiger partial charge < -0.3 is 5.32 Å². The molecule has 1 heterocycles. The molecule has 0 aliphatic rings. The number of aromatic nitrogens is 1. The number of nitrogens with one attached hydrogen (secondary N) is 1. The molecule has 1 aromatic carbocycles. The summed E-state index contributed by atoms with van der Waals surface area (Å²) in [6.07, 6.45) is 1.70. The van der Waals surface area contributed by atoms with E-state index in [0.29, 0.717) is 5.56 Å². The van der Waals surface area contributed by atoms with Gasteiger partial charge in [0.05, 0.1) is 11.1 Å². The third-order valence-corrected chi connectivity index (χ3v) is 2.37. The quantitative estimate of drug-likeness (QED) is 0.815. The molecular weight excluding hydrogens is 212 g/mol. The summed E-state index contributed by atoms with van der Waals surface area (Å²) >= 11 is 0. The number of fused-ring (bicyclic) bond motifs is 1. The number of pyridine rings is 1. The molecular formula is C14H16N2O. The van der Waals surface area contributed by atoms with Gasteiger partial charge in [-0.1, -0.05) is 18.2 Å². The SMILES string of the molecule is CC(C)(C)NC(=O)c1cccc2cccnc12. The van der Waals surface area contributed by atoms with Gasteiger partial charge in [0.15, 0.2) is 0 Å². The highest BCUT2D eigenvalue weighted by Crippen LogP contribution is 2.16. The second-order valence-electron chi connectivity index (χ2n) is 5.08. The zero-order valence-electron chi connectivity index (χ0n) is 10.3. The van der Waals surface area contributed by atoms with Gasteiger partial charge in [0.25, 0.3) is 5.91 Å². The molecule has 2 aromatic rings. The zero-order valence-corrected chi connectivity index (χ0v) is 10.3. The van der Waals surface area contributed by atoms with Gasteiger partial charge >= 0.3 is 0 Å². The Morgan fingerprint density at radius 1 is 1.18 bits per heavy atom. The fourth-order valence-corrected chi connectivity index (χ4v) is 1.70. The predicted molar refractivity (Wildman–Crippen MR) is 69.0 cm³/mol. The Hall–Kier alpha value is -1.90. The third kappa shape index (κ3) is 2.61. The summed E-state index contributed by atoms with van der Waals surface area (Å²) in [5, 5.41) is 3.93. The van der Waals surface area contributed by atoms with E-state index in [1.165, 1.54) is 0 Å². The molecule has 0 saturated carbocycles. The Morgan fingerprint density at radius 2 is 1.88 bits per heavy atom. The molecule has 0 atom stereocenters. The lowest BCUT2D eigenvalue weighted by molar-refractivity contribution is 0.0921. The van der Waals surface area contributed by atoms with Gasteiger partial charge in [-0.3, -0.25) is 9.78 Å². The van der Waals surface area contributed by atoms with Gasteiger partial charge in [-0.2, -0.15) is 0 Å². The number of hydrogen-bond acceptors (Lipinski definition) is 2. The van der Waals surface area contributed by atoms with Crippen LogP contribution in [-0.4, -0.2) is 16.4 Å². The Morgan fingerprint density at radius 3 is 2.59 bits per heavy atom. The van der Waals surface area contributed by atoms with Crippen LogP contribution in [0.4, 0.5) is 0 Å². The topological polar surface area (TPSA) is 42.0 Å². The molecule has 0 saturated heterocycles. The second kappa shape index (κ2) is 4.17. The van der Waals surface area contributed by atoms with Crippen molar-refractivity contribution < 1.29 is 4.79 Å². The number of rotatable bonds is 1. The van der Waals surface area contributed by atoms with Crippen LogP contribution in [0.3, 0.4) is 0 Å². The molecule has 0 spiro atoms. The number of benzene rings is 1. The van der Waals surface area contributed by atoms with Gasteiger partial charge in [0.2, 0.25) is 0 Å². The Labute approximate surface area is 101 Å². The molecule has 0 aliphatic carbocycles. The van der Waals surface area contributed by atoms with Gasteiger partial charge in [-0.15, -0.1) is 0 Å². The van der Waals surface area contributed by atoms with Crippen LogP contribution < -0.4 is 5.32 Å². The smallest absolute Gasteiger partial charge is 0.253 e. The summed E-state index contributed by atoms with van der Waals surface area (Å²) in [4.78, 5) is 16.4. The van der Waals surface area contributed by atoms with Crippen molar-refractivity contribution in [3.8, 4) is 0 Å². The second-order valence-corrected chi connectivity index (χ2v) is 5.08. The first-order valence-electron chi connectivity index (χ1n) is 5.64. The van der Waals surface area contributed by atoms with Gasteiger partial charge in [-0.05, 0) is 32.9 Å². The summed E-state index contributed by atoms with van der Waals surface area (Å²) in [6, 6.07) is 9.46. The maximum absolute atomic E-state index is 12.1. The fourth-order valence-electron chi connectivity index (χ4n) is 1.70. The summed E-state index contributed by atoms with van der Waals surface area (Å²) < 4.78 is 0. The van der Waals surface area contributed by atoms with Crippen molar-refractivity contribution in [3.63, 3.8) is 0 Å². The Balaban J connectivity index is 2.45. The zero-order chi connectivity index (χ0) is 12.5. The van der Waals surface area contributed by atoms with Crippen molar-refractivity contribution in [2.24, 2.45) is 0 Å². The number of carbonyl (C=O) groups excluding carboxylic acids is 1. The van der Waals surface area contributed by atoms with Crippen LogP contribution in [-0.2, 0) is 0 Å². The van der Waals surface area contributed by atoms with Crippen molar-refractivity contribution in [1.29, 1.82) is 0 Å². The highest BCUT2D eigenvalue weighted by atomic mass is 16.1. The van der Waals surface area contributed by atoms with E-state index in [2.05, 4.69) is 10.3 Å². The van der Waals surface area contributed by atoms with Crippen molar-refractivity contribution in [1.82, 2.24) is 10.3 Å². The van der Waals surface area contributed by atoms with Gasteiger partial charge in [0.1, 0.15) is 0 Å². The summed E-state index contributed by atoms with van der Waals surface area (Å²) in [7, 11) is 0. The maximum Gasteiger partial charge on any atom is 0.253 e. The molecule has 1 aromatic heterocycles. The average Bonchev–Trinajstić information content (AvgIpc) is 2.26. The van der Waals surface area contributed by atoms with E-state index in [0.717, 1.165) is 10.9 Å². The molecule has 0 radical (unpaired) electrons. The van der Waals surface area contributed by atoms with E-state index in [1.807, 2.05) is 45.0 Å². The summed E-state index contributed by atoms with van der Waals surface area (Å²) in [5.41, 5.74) is 1.13. The highest BCUT2D eigenvalue weighted by molar-refractivity contribution is 6.05. The molecule has 17 heavy (non-hydrogen) atoms. The molecule has 1 amide bonds. The lowest BCUT2D eigenvalue weighted by atomic mass is 10.1. The third-order valence-electron chi connectivity index (χ3n) is 2.37. The minimum Gasteiger partial charge on any atom is -0.347 e. The molecule has 1 N–H and O–H groups in total. The predicted octanol–water partition coefficient (Wildman–Crippen LogP) is 2.76. The van der Waals surface area contributed by atoms with Crippen molar-refractivity contribution in [2.75, 3.05) is 0 Å². The minimum absolute atomic E-state index is 0.0817. The number of nitrogens with zero attached hydrogens (tertiary/aromatic N) is 1. The molecule has 0 unspecified atom stereocenters. The van der Waals surface area contributed by atoms with Gasteiger partial charge in [-0.25, -0.2) is 0 Å². The van der Waals surface area contributed by atoms with Gasteiger partial charge in [0, 0.05) is 17.1 Å². The molecule has 3 heteroatoms. The first-order chi connectivity index (χ1) is 7.97. The molecule has 2 rings (SSSR count). The molecule has 0 fully saturated rings. The first kappa shape index (κ1) is 11.6. The van der Waals surface area contributed by atoms with Crippen molar-refractivity contribution in [3.05, 3.63) is 42.1 Å². The van der Waals surface area contributed by atoms with E-state index in [4.69, 9.17) is 0 Å². The number of hydrogen-bond donors (Lipinski definition) is 1. The van der Waals surface area contributed by atoms with Crippen LogP contribution in [0.25, 0.3) is 10.9 Å². The lowest BCUT2D eigenvalue weighted by Gasteiger charge is -2.20. The highest BCUT2D eigenvalue weighted by Gasteiger charge is 2.17. The monoisotopic (exact) mass is 228 g/mol. The molecule has 88 valence electrons. The van der Waals surface area contributed by atoms with Crippen LogP contribution in [0.5, 0.6) is 0 Å². The summed E-state index contributed by atoms with van der Waals surface area (Å²) in [5.74, 6) is -0.0817. The summed E-state index contributed by atoms with van der Waals surface area (Å²) in [6.45, 7) is 5.89. The Bertz CT molecular complexity index is 550. The normalized spacial score (nSPS) is 11.5. The number of amides is 1. The van der Waals surface area contributed by atoms with E-state index >= 15 is 0 Å². The van der Waals surface area contributed by atoms with Crippen LogP contribution in [0.1, 0.15) is 31.1 Å². The van der Waals surface area contributed by atoms with E-state index in [-0.39, 0.29) is 11.4 Å². The van der Waals surface area contributed by atoms with Crippen LogP contribution >= 0.6 is 0 Å². The number of carbonyl (C=O) groups is 1. The van der Waals surface area contributed by atoms with Crippen molar-refractivity contribution >= 4 is 16.8 Å². The molecule has 0 bridgehead atoms. The first-order valence-corrected chi connectivity index (χ1v) is 5.64. The van der Waals surface area contributed by atoms with E-state index in [9.17, 15) is 4.79 Å². The molecule has 3 nitrogen and oxygen atoms in total. The van der Waals surface area contributed by atoms with Crippen LogP contribution in [0, 0.1) is 0 Å². The maximum atomic E-state index is 12.1. The van der Waals surface area contributed by atoms with E-state index in [1.54, 1.807) is 12.3 Å². The number of para-hydroxylation sites is 1. The van der Waals surface area contributed by atoms with Crippen molar-refractivity contribution in [2.45, 2.75) is 26.3 Å². The largest absolute Gasteiger partial charge is 0.347 e.